The van der Waals surface area contributed by atoms with Crippen molar-refractivity contribution in [3.63, 3.8) is 0 Å². The summed E-state index contributed by atoms with van der Waals surface area (Å²) >= 11 is 3.49. The summed E-state index contributed by atoms with van der Waals surface area (Å²) in [5, 5.41) is 8.19. The summed E-state index contributed by atoms with van der Waals surface area (Å²) in [6, 6.07) is 18.4. The summed E-state index contributed by atoms with van der Waals surface area (Å²) in [6.07, 6.45) is 1.80. The fourth-order valence-electron chi connectivity index (χ4n) is 2.00. The molecule has 0 aliphatic heterocycles. The Hall–Kier alpha value is -1.94. The van der Waals surface area contributed by atoms with Crippen molar-refractivity contribution in [3.8, 4) is 11.3 Å². The number of nitrogens with zero attached hydrogens (tertiary/aromatic N) is 3. The fourth-order valence-corrected chi connectivity index (χ4v) is 2.40. The van der Waals surface area contributed by atoms with Gasteiger partial charge in [-0.2, -0.15) is 0 Å². The van der Waals surface area contributed by atoms with E-state index < -0.39 is 0 Å². The van der Waals surface area contributed by atoms with Gasteiger partial charge in [-0.25, -0.2) is 4.68 Å². The first-order chi connectivity index (χ1) is 9.33. The zero-order chi connectivity index (χ0) is 13.1. The van der Waals surface area contributed by atoms with Gasteiger partial charge in [0.1, 0.15) is 0 Å². The highest BCUT2D eigenvalue weighted by atomic mass is 79.9. The summed E-state index contributed by atoms with van der Waals surface area (Å²) in [4.78, 5) is 0. The molecule has 0 bridgehead atoms. The lowest BCUT2D eigenvalue weighted by atomic mass is 10.1. The van der Waals surface area contributed by atoms with Crippen molar-refractivity contribution < 1.29 is 0 Å². The maximum absolute atomic E-state index is 4.17. The summed E-state index contributed by atoms with van der Waals surface area (Å²) in [6.45, 7) is 0.725. The monoisotopic (exact) mass is 313 g/mol. The molecule has 0 unspecified atom stereocenters. The zero-order valence-electron chi connectivity index (χ0n) is 10.2. The van der Waals surface area contributed by atoms with E-state index in [1.807, 2.05) is 35.0 Å². The lowest BCUT2D eigenvalue weighted by molar-refractivity contribution is 0.655. The van der Waals surface area contributed by atoms with Crippen LogP contribution in [-0.2, 0) is 6.54 Å². The zero-order valence-corrected chi connectivity index (χ0v) is 11.8. The number of halogens is 1. The minimum absolute atomic E-state index is 0.725. The molecular formula is C15H12BrN3. The third-order valence-electron chi connectivity index (χ3n) is 2.91. The lowest BCUT2D eigenvalue weighted by Gasteiger charge is -2.06. The average Bonchev–Trinajstić information content (AvgIpc) is 2.88. The van der Waals surface area contributed by atoms with Crippen LogP contribution in [0.15, 0.2) is 65.3 Å². The van der Waals surface area contributed by atoms with E-state index in [1.165, 1.54) is 5.56 Å². The molecule has 0 aliphatic rings. The quantitative estimate of drug-likeness (QED) is 0.737. The molecule has 0 radical (unpaired) electrons. The molecule has 1 aromatic heterocycles. The van der Waals surface area contributed by atoms with Crippen LogP contribution in [0.25, 0.3) is 11.3 Å². The Morgan fingerprint density at radius 3 is 2.63 bits per heavy atom. The van der Waals surface area contributed by atoms with E-state index in [9.17, 15) is 0 Å². The van der Waals surface area contributed by atoms with Gasteiger partial charge in [0.25, 0.3) is 0 Å². The number of aromatic nitrogens is 3. The van der Waals surface area contributed by atoms with Crippen molar-refractivity contribution in [2.24, 2.45) is 0 Å². The molecule has 0 fully saturated rings. The van der Waals surface area contributed by atoms with Gasteiger partial charge in [0, 0.05) is 10.0 Å². The van der Waals surface area contributed by atoms with Gasteiger partial charge in [-0.1, -0.05) is 63.6 Å². The van der Waals surface area contributed by atoms with Crippen molar-refractivity contribution >= 4 is 15.9 Å². The van der Waals surface area contributed by atoms with Crippen LogP contribution in [0.2, 0.25) is 0 Å². The van der Waals surface area contributed by atoms with Crippen molar-refractivity contribution in [1.82, 2.24) is 15.0 Å². The Kier molecular flexibility index (Phi) is 3.42. The first-order valence-electron chi connectivity index (χ1n) is 6.01. The van der Waals surface area contributed by atoms with E-state index in [4.69, 9.17) is 0 Å². The molecule has 0 amide bonds. The molecule has 3 rings (SSSR count). The van der Waals surface area contributed by atoms with Crippen LogP contribution >= 0.6 is 15.9 Å². The summed E-state index contributed by atoms with van der Waals surface area (Å²) in [5.74, 6) is 0. The molecule has 3 aromatic rings. The van der Waals surface area contributed by atoms with E-state index in [-0.39, 0.29) is 0 Å². The third-order valence-corrected chi connectivity index (χ3v) is 3.41. The van der Waals surface area contributed by atoms with E-state index in [2.05, 4.69) is 50.5 Å². The summed E-state index contributed by atoms with van der Waals surface area (Å²) in [7, 11) is 0. The molecule has 0 aliphatic carbocycles. The lowest BCUT2D eigenvalue weighted by Crippen LogP contribution is -2.03. The highest BCUT2D eigenvalue weighted by Gasteiger charge is 2.07. The predicted octanol–water partition coefficient (Wildman–Crippen LogP) is 3.76. The number of hydrogen-bond acceptors (Lipinski definition) is 2. The van der Waals surface area contributed by atoms with Crippen LogP contribution in [0.4, 0.5) is 0 Å². The average molecular weight is 314 g/mol. The molecule has 0 saturated carbocycles. The highest BCUT2D eigenvalue weighted by Crippen LogP contribution is 2.22. The Balaban J connectivity index is 1.95. The SMILES string of the molecule is Brc1cccc(-c2cnnn2Cc2ccccc2)c1. The maximum atomic E-state index is 4.17. The topological polar surface area (TPSA) is 30.7 Å². The Morgan fingerprint density at radius 2 is 1.84 bits per heavy atom. The second-order valence-electron chi connectivity index (χ2n) is 4.27. The molecule has 2 aromatic carbocycles. The van der Waals surface area contributed by atoms with Crippen molar-refractivity contribution in [1.29, 1.82) is 0 Å². The molecule has 0 spiro atoms. The minimum atomic E-state index is 0.725. The number of rotatable bonds is 3. The standard InChI is InChI=1S/C15H12BrN3/c16-14-8-4-7-13(9-14)15-10-17-18-19(15)11-12-5-2-1-3-6-12/h1-10H,11H2. The van der Waals surface area contributed by atoms with Crippen molar-refractivity contribution in [2.75, 3.05) is 0 Å². The van der Waals surface area contributed by atoms with Gasteiger partial charge in [0.15, 0.2) is 0 Å². The van der Waals surface area contributed by atoms with E-state index in [0.29, 0.717) is 0 Å². The summed E-state index contributed by atoms with van der Waals surface area (Å²) < 4.78 is 2.97. The van der Waals surface area contributed by atoms with Gasteiger partial charge < -0.3 is 0 Å². The second kappa shape index (κ2) is 5.36. The first-order valence-corrected chi connectivity index (χ1v) is 6.80. The largest absolute Gasteiger partial charge is 0.240 e. The molecular weight excluding hydrogens is 302 g/mol. The van der Waals surface area contributed by atoms with Crippen LogP contribution < -0.4 is 0 Å². The van der Waals surface area contributed by atoms with E-state index >= 15 is 0 Å². The predicted molar refractivity (Wildman–Crippen MR) is 78.7 cm³/mol. The summed E-state index contributed by atoms with van der Waals surface area (Å²) in [5.41, 5.74) is 3.34. The molecule has 0 saturated heterocycles. The molecule has 0 atom stereocenters. The van der Waals surface area contributed by atoms with Gasteiger partial charge in [0.2, 0.25) is 0 Å². The molecule has 94 valence electrons. The number of benzene rings is 2. The maximum Gasteiger partial charge on any atom is 0.0889 e. The van der Waals surface area contributed by atoms with Gasteiger partial charge in [-0.05, 0) is 17.7 Å². The van der Waals surface area contributed by atoms with Crippen LogP contribution in [0.3, 0.4) is 0 Å². The Bertz CT molecular complexity index is 677. The van der Waals surface area contributed by atoms with E-state index in [1.54, 1.807) is 6.20 Å². The van der Waals surface area contributed by atoms with Crippen LogP contribution in [0.5, 0.6) is 0 Å². The first kappa shape index (κ1) is 12.1. The van der Waals surface area contributed by atoms with E-state index in [0.717, 1.165) is 22.3 Å². The minimum Gasteiger partial charge on any atom is -0.240 e. The Labute approximate surface area is 120 Å². The molecule has 19 heavy (non-hydrogen) atoms. The number of hydrogen-bond donors (Lipinski definition) is 0. The fraction of sp³-hybridized carbons (Fsp3) is 0.0667. The normalized spacial score (nSPS) is 10.6. The van der Waals surface area contributed by atoms with Crippen LogP contribution in [0.1, 0.15) is 5.56 Å². The molecule has 0 N–H and O–H groups in total. The molecule has 3 nitrogen and oxygen atoms in total. The molecule has 4 heteroatoms. The van der Waals surface area contributed by atoms with Crippen molar-refractivity contribution in [2.45, 2.75) is 6.54 Å². The third kappa shape index (κ3) is 2.74. The van der Waals surface area contributed by atoms with Crippen LogP contribution in [0, 0.1) is 0 Å². The van der Waals surface area contributed by atoms with Crippen LogP contribution in [-0.4, -0.2) is 15.0 Å². The van der Waals surface area contributed by atoms with Crippen molar-refractivity contribution in [3.05, 3.63) is 70.8 Å². The smallest absolute Gasteiger partial charge is 0.0889 e. The Morgan fingerprint density at radius 1 is 1.00 bits per heavy atom. The highest BCUT2D eigenvalue weighted by molar-refractivity contribution is 9.10. The molecule has 1 heterocycles. The van der Waals surface area contributed by atoms with Gasteiger partial charge in [-0.15, -0.1) is 5.10 Å². The second-order valence-corrected chi connectivity index (χ2v) is 5.19. The van der Waals surface area contributed by atoms with Gasteiger partial charge in [0.05, 0.1) is 18.4 Å². The van der Waals surface area contributed by atoms with Gasteiger partial charge >= 0.3 is 0 Å². The van der Waals surface area contributed by atoms with Gasteiger partial charge in [-0.3, -0.25) is 0 Å².